The zero-order valence-corrected chi connectivity index (χ0v) is 18.5. The van der Waals surface area contributed by atoms with E-state index in [-0.39, 0.29) is 30.6 Å². The molecule has 0 spiro atoms. The number of halogens is 1. The SMILES string of the molecule is C=N/C=C(F)\C=C(/C)c1ccc(NC(=O)CCC(=O)N2CC(C)Cn3nc(C)cc32)nc1. The van der Waals surface area contributed by atoms with Gasteiger partial charge < -0.3 is 5.32 Å². The van der Waals surface area contributed by atoms with E-state index >= 15 is 0 Å². The van der Waals surface area contributed by atoms with Crippen molar-refractivity contribution in [2.75, 3.05) is 16.8 Å². The van der Waals surface area contributed by atoms with Gasteiger partial charge in [0.15, 0.2) is 0 Å². The summed E-state index contributed by atoms with van der Waals surface area (Å²) < 4.78 is 15.4. The largest absolute Gasteiger partial charge is 0.311 e. The van der Waals surface area contributed by atoms with E-state index < -0.39 is 5.83 Å². The van der Waals surface area contributed by atoms with Crippen LogP contribution in [-0.4, -0.2) is 39.8 Å². The van der Waals surface area contributed by atoms with E-state index in [1.807, 2.05) is 17.7 Å². The lowest BCUT2D eigenvalue weighted by molar-refractivity contribution is -0.122. The van der Waals surface area contributed by atoms with Crippen molar-refractivity contribution in [3.63, 3.8) is 0 Å². The number of aliphatic imine (C=N–C) groups is 1. The summed E-state index contributed by atoms with van der Waals surface area (Å²) in [5, 5.41) is 7.12. The second kappa shape index (κ2) is 10.1. The van der Waals surface area contributed by atoms with Gasteiger partial charge in [-0.1, -0.05) is 6.92 Å². The van der Waals surface area contributed by atoms with Crippen LogP contribution >= 0.6 is 0 Å². The molecule has 1 aliphatic heterocycles. The highest BCUT2D eigenvalue weighted by Crippen LogP contribution is 2.25. The van der Waals surface area contributed by atoms with Crippen LogP contribution in [0, 0.1) is 12.8 Å². The first-order valence-electron chi connectivity index (χ1n) is 10.4. The van der Waals surface area contributed by atoms with Crippen molar-refractivity contribution >= 4 is 35.7 Å². The van der Waals surface area contributed by atoms with Crippen LogP contribution in [0.15, 0.2) is 47.5 Å². The van der Waals surface area contributed by atoms with Gasteiger partial charge in [-0.05, 0) is 55.8 Å². The Morgan fingerprint density at radius 2 is 2.12 bits per heavy atom. The molecule has 0 fully saturated rings. The second-order valence-electron chi connectivity index (χ2n) is 7.94. The third-order valence-corrected chi connectivity index (χ3v) is 5.06. The minimum absolute atomic E-state index is 0.0454. The Labute approximate surface area is 186 Å². The summed E-state index contributed by atoms with van der Waals surface area (Å²) in [4.78, 5) is 34.4. The summed E-state index contributed by atoms with van der Waals surface area (Å²) in [5.74, 6) is 0.509. The number of aromatic nitrogens is 3. The summed E-state index contributed by atoms with van der Waals surface area (Å²) in [7, 11) is 0. The first kappa shape index (κ1) is 23.1. The molecular formula is C23H27FN6O2. The normalized spacial score (nSPS) is 16.5. The summed E-state index contributed by atoms with van der Waals surface area (Å²) in [6, 6.07) is 5.25. The number of amides is 2. The van der Waals surface area contributed by atoms with E-state index in [4.69, 9.17) is 0 Å². The van der Waals surface area contributed by atoms with Crippen molar-refractivity contribution in [2.45, 2.75) is 40.2 Å². The van der Waals surface area contributed by atoms with Crippen LogP contribution in [0.25, 0.3) is 5.57 Å². The molecule has 0 saturated carbocycles. The lowest BCUT2D eigenvalue weighted by Crippen LogP contribution is -2.41. The van der Waals surface area contributed by atoms with E-state index in [0.717, 1.165) is 24.3 Å². The molecule has 0 aromatic carbocycles. The van der Waals surface area contributed by atoms with Gasteiger partial charge in [-0.3, -0.25) is 19.5 Å². The van der Waals surface area contributed by atoms with Gasteiger partial charge in [0.1, 0.15) is 17.5 Å². The fourth-order valence-electron chi connectivity index (χ4n) is 3.55. The lowest BCUT2D eigenvalue weighted by Gasteiger charge is -2.31. The Morgan fingerprint density at radius 1 is 1.34 bits per heavy atom. The Balaban J connectivity index is 1.56. The van der Waals surface area contributed by atoms with E-state index in [1.165, 1.54) is 6.08 Å². The average molecular weight is 439 g/mol. The summed E-state index contributed by atoms with van der Waals surface area (Å²) in [6.07, 6.45) is 4.02. The molecule has 1 aliphatic rings. The minimum atomic E-state index is -0.513. The minimum Gasteiger partial charge on any atom is -0.311 e. The molecule has 0 radical (unpaired) electrons. The molecule has 168 valence electrons. The van der Waals surface area contributed by atoms with E-state index in [0.29, 0.717) is 23.5 Å². The number of allylic oxidation sites excluding steroid dienone is 3. The maximum atomic E-state index is 13.5. The van der Waals surface area contributed by atoms with Crippen molar-refractivity contribution in [1.29, 1.82) is 0 Å². The van der Waals surface area contributed by atoms with Crippen LogP contribution in [0.4, 0.5) is 16.0 Å². The van der Waals surface area contributed by atoms with Crippen LogP contribution in [-0.2, 0) is 16.1 Å². The molecule has 1 unspecified atom stereocenters. The molecular weight excluding hydrogens is 411 g/mol. The number of nitrogens with zero attached hydrogens (tertiary/aromatic N) is 5. The first-order chi connectivity index (χ1) is 15.3. The summed E-state index contributed by atoms with van der Waals surface area (Å²) in [6.45, 7) is 10.3. The predicted octanol–water partition coefficient (Wildman–Crippen LogP) is 3.90. The molecule has 2 amide bonds. The molecule has 3 rings (SSSR count). The third kappa shape index (κ3) is 5.75. The number of hydrogen-bond acceptors (Lipinski definition) is 5. The Kier molecular flexibility index (Phi) is 7.29. The maximum absolute atomic E-state index is 13.5. The number of carbonyl (C=O) groups is 2. The molecule has 2 aromatic rings. The number of pyridine rings is 1. The second-order valence-corrected chi connectivity index (χ2v) is 7.94. The van der Waals surface area contributed by atoms with Crippen LogP contribution in [0.2, 0.25) is 0 Å². The van der Waals surface area contributed by atoms with Gasteiger partial charge in [-0.25, -0.2) is 14.1 Å². The van der Waals surface area contributed by atoms with Crippen LogP contribution in [0.1, 0.15) is 37.9 Å². The zero-order valence-electron chi connectivity index (χ0n) is 18.5. The number of rotatable bonds is 7. The molecule has 9 heteroatoms. The predicted molar refractivity (Wildman–Crippen MR) is 123 cm³/mol. The molecule has 1 atom stereocenters. The van der Waals surface area contributed by atoms with Crippen molar-refractivity contribution in [2.24, 2.45) is 10.9 Å². The van der Waals surface area contributed by atoms with Crippen molar-refractivity contribution in [1.82, 2.24) is 14.8 Å². The molecule has 0 aliphatic carbocycles. The Morgan fingerprint density at radius 3 is 2.81 bits per heavy atom. The molecule has 0 bridgehead atoms. The lowest BCUT2D eigenvalue weighted by atomic mass is 10.1. The van der Waals surface area contributed by atoms with Crippen LogP contribution in [0.5, 0.6) is 0 Å². The highest BCUT2D eigenvalue weighted by atomic mass is 19.1. The van der Waals surface area contributed by atoms with E-state index in [9.17, 15) is 14.0 Å². The number of fused-ring (bicyclic) bond motifs is 1. The van der Waals surface area contributed by atoms with Gasteiger partial charge in [0, 0.05) is 38.2 Å². The number of nitrogens with one attached hydrogen (secondary N) is 1. The van der Waals surface area contributed by atoms with Gasteiger partial charge in [-0.2, -0.15) is 5.10 Å². The Bertz CT molecular complexity index is 1070. The third-order valence-electron chi connectivity index (χ3n) is 5.06. The average Bonchev–Trinajstić information content (AvgIpc) is 3.11. The molecule has 1 N–H and O–H groups in total. The topological polar surface area (TPSA) is 92.5 Å². The fourth-order valence-corrected chi connectivity index (χ4v) is 3.55. The van der Waals surface area contributed by atoms with Gasteiger partial charge in [0.25, 0.3) is 0 Å². The Hall–Kier alpha value is -3.62. The first-order valence-corrected chi connectivity index (χ1v) is 10.4. The van der Waals surface area contributed by atoms with Gasteiger partial charge in [0.2, 0.25) is 11.8 Å². The van der Waals surface area contributed by atoms with Gasteiger partial charge >= 0.3 is 0 Å². The standard InChI is InChI=1S/C23H27FN6O2/c1-15-13-29(22-10-17(3)28-30(22)14-15)23(32)8-7-21(31)27-20-6-5-18(11-26-20)16(2)9-19(24)12-25-4/h5-6,9-12,15H,4,7-8,13-14H2,1-3H3,(H,26,27,31)/b16-9+,19-12+. The van der Waals surface area contributed by atoms with E-state index in [2.05, 4.69) is 34.0 Å². The smallest absolute Gasteiger partial charge is 0.228 e. The van der Waals surface area contributed by atoms with E-state index in [1.54, 1.807) is 30.2 Å². The molecule has 0 saturated heterocycles. The molecule has 3 heterocycles. The maximum Gasteiger partial charge on any atom is 0.228 e. The van der Waals surface area contributed by atoms with Crippen molar-refractivity contribution < 1.29 is 14.0 Å². The number of anilines is 2. The van der Waals surface area contributed by atoms with Gasteiger partial charge in [0.05, 0.1) is 11.9 Å². The van der Waals surface area contributed by atoms with Gasteiger partial charge in [-0.15, -0.1) is 0 Å². The monoisotopic (exact) mass is 438 g/mol. The quantitative estimate of drug-likeness (QED) is 0.524. The zero-order chi connectivity index (χ0) is 23.3. The molecule has 2 aromatic heterocycles. The summed E-state index contributed by atoms with van der Waals surface area (Å²) in [5.41, 5.74) is 2.22. The van der Waals surface area contributed by atoms with Crippen LogP contribution in [0.3, 0.4) is 0 Å². The molecule has 8 nitrogen and oxygen atoms in total. The van der Waals surface area contributed by atoms with Crippen molar-refractivity contribution in [3.05, 3.63) is 53.8 Å². The number of hydrogen-bond donors (Lipinski definition) is 1. The highest BCUT2D eigenvalue weighted by molar-refractivity contribution is 5.97. The number of carbonyl (C=O) groups excluding carboxylic acids is 2. The molecule has 32 heavy (non-hydrogen) atoms. The van der Waals surface area contributed by atoms with Crippen molar-refractivity contribution in [3.8, 4) is 0 Å². The summed E-state index contributed by atoms with van der Waals surface area (Å²) >= 11 is 0. The number of aryl methyl sites for hydroxylation is 1. The van der Waals surface area contributed by atoms with Crippen LogP contribution < -0.4 is 10.2 Å². The highest BCUT2D eigenvalue weighted by Gasteiger charge is 2.27. The fraction of sp³-hybridized carbons (Fsp3) is 0.348.